The van der Waals surface area contributed by atoms with Gasteiger partial charge in [0.1, 0.15) is 6.04 Å². The van der Waals surface area contributed by atoms with E-state index in [9.17, 15) is 4.79 Å². The normalized spacial score (nSPS) is 11.2. The van der Waals surface area contributed by atoms with E-state index in [1.807, 2.05) is 6.92 Å². The monoisotopic (exact) mass is 258 g/mol. The van der Waals surface area contributed by atoms with Crippen LogP contribution in [0, 0.1) is 0 Å². The van der Waals surface area contributed by atoms with E-state index in [4.69, 9.17) is 0 Å². The molecule has 4 N–H and O–H groups in total. The maximum absolute atomic E-state index is 11.3. The average Bonchev–Trinajstić information content (AvgIpc) is 2.01. The second-order valence-electron chi connectivity index (χ2n) is 3.78. The predicted molar refractivity (Wildman–Crippen MR) is 57.9 cm³/mol. The number of nitrogens with zero attached hydrogens (tertiary/aromatic N) is 1. The molecule has 15 heavy (non-hydrogen) atoms. The van der Waals surface area contributed by atoms with Crippen molar-refractivity contribution in [2.75, 3.05) is 20.6 Å². The fourth-order valence-electron chi connectivity index (χ4n) is 1.28. The summed E-state index contributed by atoms with van der Waals surface area (Å²) in [6, 6.07) is 0.0300. The van der Waals surface area contributed by atoms with Crippen LogP contribution >= 0.6 is 0 Å². The van der Waals surface area contributed by atoms with Crippen molar-refractivity contribution in [1.82, 2.24) is 6.15 Å². The Morgan fingerprint density at radius 1 is 1.40 bits per heavy atom. The van der Waals surface area contributed by atoms with Crippen molar-refractivity contribution in [3.8, 4) is 0 Å². The Kier molecular flexibility index (Phi) is 16.9. The smallest absolute Gasteiger partial charge is 0.211 e. The molecule has 5 heteroatoms. The molecule has 0 rings (SSSR count). The number of quaternary nitrogens is 2. The molecule has 0 spiro atoms. The van der Waals surface area contributed by atoms with Crippen LogP contribution in [0.2, 0.25) is 0 Å². The number of ketones is 1. The molecule has 0 aromatic carbocycles. The summed E-state index contributed by atoms with van der Waals surface area (Å²) in [7, 11) is 4.16. The molecule has 1 atom stereocenters. The topological polar surface area (TPSA) is 53.6 Å². The SMILES string of the molecule is C=CC(=O)C(C)[N+](C)(C)CCC.[Cl-].[Cl-].[NH4+]. The third-order valence-electron chi connectivity index (χ3n) is 2.46. The van der Waals surface area contributed by atoms with Gasteiger partial charge in [-0.3, -0.25) is 4.79 Å². The first-order valence-corrected chi connectivity index (χ1v) is 4.44. The fourth-order valence-corrected chi connectivity index (χ4v) is 1.28. The van der Waals surface area contributed by atoms with Crippen molar-refractivity contribution >= 4 is 5.78 Å². The van der Waals surface area contributed by atoms with Gasteiger partial charge < -0.3 is 35.4 Å². The molecule has 0 amide bonds. The number of rotatable bonds is 5. The molecule has 0 aromatic rings. The van der Waals surface area contributed by atoms with Gasteiger partial charge in [0.2, 0.25) is 5.78 Å². The summed E-state index contributed by atoms with van der Waals surface area (Å²) >= 11 is 0. The van der Waals surface area contributed by atoms with Crippen LogP contribution in [0.1, 0.15) is 20.3 Å². The van der Waals surface area contributed by atoms with Crippen molar-refractivity contribution in [2.24, 2.45) is 0 Å². The number of hydrogen-bond acceptors (Lipinski definition) is 1. The van der Waals surface area contributed by atoms with Crippen molar-refractivity contribution in [1.29, 1.82) is 0 Å². The van der Waals surface area contributed by atoms with Crippen LogP contribution in [-0.2, 0) is 4.79 Å². The van der Waals surface area contributed by atoms with Crippen molar-refractivity contribution < 1.29 is 34.1 Å². The Morgan fingerprint density at radius 2 is 1.80 bits per heavy atom. The number of likely N-dealkylation sites (N-methyl/N-ethyl adjacent to an activating group) is 1. The molecule has 0 aliphatic rings. The lowest BCUT2D eigenvalue weighted by Crippen LogP contribution is -3.00. The van der Waals surface area contributed by atoms with Crippen LogP contribution in [0.4, 0.5) is 0 Å². The lowest BCUT2D eigenvalue weighted by Gasteiger charge is -2.34. The Labute approximate surface area is 106 Å². The molecule has 0 fully saturated rings. The summed E-state index contributed by atoms with van der Waals surface area (Å²) in [4.78, 5) is 11.3. The summed E-state index contributed by atoms with van der Waals surface area (Å²) in [6.45, 7) is 8.61. The second-order valence-corrected chi connectivity index (χ2v) is 3.78. The van der Waals surface area contributed by atoms with Gasteiger partial charge in [0.25, 0.3) is 0 Å². The zero-order valence-corrected chi connectivity index (χ0v) is 11.9. The van der Waals surface area contributed by atoms with E-state index < -0.39 is 0 Å². The molecule has 0 aliphatic carbocycles. The first kappa shape index (κ1) is 24.2. The number of carbonyl (C=O) groups is 1. The molecule has 3 nitrogen and oxygen atoms in total. The molecular weight excluding hydrogens is 235 g/mol. The highest BCUT2D eigenvalue weighted by atomic mass is 35.5. The molecule has 0 heterocycles. The highest BCUT2D eigenvalue weighted by Gasteiger charge is 2.27. The molecule has 0 radical (unpaired) electrons. The summed E-state index contributed by atoms with van der Waals surface area (Å²) in [5, 5.41) is 0. The molecule has 0 saturated heterocycles. The minimum atomic E-state index is 0. The minimum Gasteiger partial charge on any atom is -1.00 e. The molecule has 1 unspecified atom stereocenters. The summed E-state index contributed by atoms with van der Waals surface area (Å²) in [5.41, 5.74) is 0. The van der Waals surface area contributed by atoms with Gasteiger partial charge >= 0.3 is 0 Å². The van der Waals surface area contributed by atoms with Crippen molar-refractivity contribution in [3.63, 3.8) is 0 Å². The van der Waals surface area contributed by atoms with E-state index in [1.54, 1.807) is 0 Å². The molecule has 0 aliphatic heterocycles. The Bertz CT molecular complexity index is 184. The van der Waals surface area contributed by atoms with Gasteiger partial charge in [-0.05, 0) is 19.4 Å². The summed E-state index contributed by atoms with van der Waals surface area (Å²) in [6.07, 6.45) is 2.52. The third kappa shape index (κ3) is 7.79. The van der Waals surface area contributed by atoms with E-state index in [-0.39, 0.29) is 42.8 Å². The van der Waals surface area contributed by atoms with Crippen LogP contribution < -0.4 is 31.0 Å². The van der Waals surface area contributed by atoms with Crippen molar-refractivity contribution in [2.45, 2.75) is 26.3 Å². The van der Waals surface area contributed by atoms with E-state index in [2.05, 4.69) is 27.6 Å². The lowest BCUT2D eigenvalue weighted by atomic mass is 10.1. The first-order chi connectivity index (χ1) is 5.45. The highest BCUT2D eigenvalue weighted by Crippen LogP contribution is 2.08. The van der Waals surface area contributed by atoms with Crippen LogP contribution in [0.15, 0.2) is 12.7 Å². The fraction of sp³-hybridized carbons (Fsp3) is 0.700. The van der Waals surface area contributed by atoms with Gasteiger partial charge in [0.05, 0.1) is 20.6 Å². The van der Waals surface area contributed by atoms with Gasteiger partial charge in [0.15, 0.2) is 0 Å². The van der Waals surface area contributed by atoms with Crippen LogP contribution in [0.5, 0.6) is 0 Å². The average molecular weight is 259 g/mol. The maximum atomic E-state index is 11.3. The standard InChI is InChI=1S/C10H20NO.2ClH.H3N/c1-6-8-11(4,5)9(3)10(12)7-2;;;/h7,9H,2,6,8H2,1,3-5H3;2*1H;1H3/q+1;;;/p-1. The zero-order chi connectivity index (χ0) is 9.78. The highest BCUT2D eigenvalue weighted by molar-refractivity contribution is 5.92. The number of halogens is 2. The number of carbonyl (C=O) groups excluding carboxylic acids is 1. The first-order valence-electron chi connectivity index (χ1n) is 4.44. The molecule has 94 valence electrons. The second kappa shape index (κ2) is 10.4. The van der Waals surface area contributed by atoms with Crippen LogP contribution in [-0.4, -0.2) is 36.9 Å². The molecule has 0 bridgehead atoms. The number of hydrogen-bond donors (Lipinski definition) is 1. The Balaban J connectivity index is -0.000000202. The molecule has 0 saturated carbocycles. The van der Waals surface area contributed by atoms with E-state index >= 15 is 0 Å². The van der Waals surface area contributed by atoms with E-state index in [1.165, 1.54) is 6.08 Å². The molecule has 0 aromatic heterocycles. The van der Waals surface area contributed by atoms with Gasteiger partial charge in [-0.25, -0.2) is 0 Å². The van der Waals surface area contributed by atoms with Gasteiger partial charge in [0, 0.05) is 0 Å². The lowest BCUT2D eigenvalue weighted by molar-refractivity contribution is -0.903. The van der Waals surface area contributed by atoms with Crippen LogP contribution in [0.3, 0.4) is 0 Å². The van der Waals surface area contributed by atoms with Gasteiger partial charge in [-0.1, -0.05) is 13.5 Å². The summed E-state index contributed by atoms with van der Waals surface area (Å²) in [5.74, 6) is 0.133. The maximum Gasteiger partial charge on any atom is 0.211 e. The predicted octanol–water partition coefficient (Wildman–Crippen LogP) is -4.00. The van der Waals surface area contributed by atoms with Crippen LogP contribution in [0.25, 0.3) is 0 Å². The van der Waals surface area contributed by atoms with Gasteiger partial charge in [-0.15, -0.1) is 0 Å². The zero-order valence-electron chi connectivity index (χ0n) is 10.4. The molecular formula is C10H24Cl2N2O. The third-order valence-corrected chi connectivity index (χ3v) is 2.46. The van der Waals surface area contributed by atoms with Crippen molar-refractivity contribution in [3.05, 3.63) is 12.7 Å². The van der Waals surface area contributed by atoms with E-state index in [0.717, 1.165) is 17.4 Å². The minimum absolute atomic E-state index is 0. The quantitative estimate of drug-likeness (QED) is 0.397. The van der Waals surface area contributed by atoms with Gasteiger partial charge in [-0.2, -0.15) is 0 Å². The van der Waals surface area contributed by atoms with E-state index in [0.29, 0.717) is 0 Å². The summed E-state index contributed by atoms with van der Waals surface area (Å²) < 4.78 is 0.751. The largest absolute Gasteiger partial charge is 1.00 e. The Hall–Kier alpha value is -0.0900. The Morgan fingerprint density at radius 3 is 2.07 bits per heavy atom.